The van der Waals surface area contributed by atoms with Crippen molar-refractivity contribution in [2.75, 3.05) is 20.8 Å². The Hall–Kier alpha value is -4.33. The van der Waals surface area contributed by atoms with Gasteiger partial charge in [-0.2, -0.15) is 5.10 Å². The van der Waals surface area contributed by atoms with Gasteiger partial charge in [-0.15, -0.1) is 0 Å². The van der Waals surface area contributed by atoms with E-state index in [9.17, 15) is 9.59 Å². The van der Waals surface area contributed by atoms with Crippen LogP contribution in [0.2, 0.25) is 0 Å². The van der Waals surface area contributed by atoms with Gasteiger partial charge in [-0.1, -0.05) is 0 Å². The quantitative estimate of drug-likeness (QED) is 0.229. The van der Waals surface area contributed by atoms with Gasteiger partial charge in [-0.3, -0.25) is 4.79 Å². The summed E-state index contributed by atoms with van der Waals surface area (Å²) in [6.07, 6.45) is 1.48. The van der Waals surface area contributed by atoms with Crippen molar-refractivity contribution >= 4 is 18.1 Å². The lowest BCUT2D eigenvalue weighted by Gasteiger charge is -2.08. The SMILES string of the molecule is CCOc1ccc(C(=O)Oc2ccc(C=NNC(=O)c3ccc(OC)c(OC)c3)cc2)cc1. The maximum absolute atomic E-state index is 12.3. The molecule has 1 amide bonds. The fraction of sp³-hybridized carbons (Fsp3) is 0.160. The third kappa shape index (κ3) is 6.33. The topological polar surface area (TPSA) is 95.5 Å². The Bertz CT molecular complexity index is 1120. The van der Waals surface area contributed by atoms with Crippen LogP contribution in [-0.4, -0.2) is 38.9 Å². The Kier molecular flexibility index (Phi) is 8.02. The second-order valence-corrected chi connectivity index (χ2v) is 6.68. The second kappa shape index (κ2) is 11.3. The van der Waals surface area contributed by atoms with Crippen LogP contribution in [0.1, 0.15) is 33.2 Å². The zero-order chi connectivity index (χ0) is 23.6. The molecular weight excluding hydrogens is 424 g/mol. The number of rotatable bonds is 9. The summed E-state index contributed by atoms with van der Waals surface area (Å²) in [6, 6.07) is 18.3. The molecule has 0 saturated carbocycles. The minimum atomic E-state index is -0.471. The number of hydrogen-bond donors (Lipinski definition) is 1. The van der Waals surface area contributed by atoms with E-state index < -0.39 is 11.9 Å². The molecule has 0 saturated heterocycles. The predicted molar refractivity (Wildman–Crippen MR) is 124 cm³/mol. The van der Waals surface area contributed by atoms with Gasteiger partial charge in [0, 0.05) is 5.56 Å². The van der Waals surface area contributed by atoms with E-state index in [1.807, 2.05) is 6.92 Å². The maximum Gasteiger partial charge on any atom is 0.343 e. The van der Waals surface area contributed by atoms with E-state index in [0.29, 0.717) is 46.3 Å². The zero-order valence-corrected chi connectivity index (χ0v) is 18.5. The zero-order valence-electron chi connectivity index (χ0n) is 18.5. The molecule has 0 spiro atoms. The Morgan fingerprint density at radius 3 is 2.12 bits per heavy atom. The van der Waals surface area contributed by atoms with Gasteiger partial charge in [0.2, 0.25) is 0 Å². The highest BCUT2D eigenvalue weighted by atomic mass is 16.5. The molecule has 0 bridgehead atoms. The lowest BCUT2D eigenvalue weighted by molar-refractivity contribution is 0.0734. The van der Waals surface area contributed by atoms with Crippen molar-refractivity contribution in [1.82, 2.24) is 5.43 Å². The standard InChI is InChI=1S/C25H24N2O6/c1-4-32-20-12-7-18(8-13-20)25(29)33-21-10-5-17(6-11-21)16-26-27-24(28)19-9-14-22(30-2)23(15-19)31-3/h5-16H,4H2,1-3H3,(H,27,28). The van der Waals surface area contributed by atoms with Gasteiger partial charge in [0.1, 0.15) is 11.5 Å². The fourth-order valence-corrected chi connectivity index (χ4v) is 2.85. The van der Waals surface area contributed by atoms with Crippen LogP contribution in [0.25, 0.3) is 0 Å². The summed E-state index contributed by atoms with van der Waals surface area (Å²) >= 11 is 0. The number of esters is 1. The molecule has 8 heteroatoms. The average molecular weight is 448 g/mol. The van der Waals surface area contributed by atoms with E-state index in [1.165, 1.54) is 20.4 Å². The second-order valence-electron chi connectivity index (χ2n) is 6.68. The number of hydrogen-bond acceptors (Lipinski definition) is 7. The van der Waals surface area contributed by atoms with Crippen molar-refractivity contribution in [2.45, 2.75) is 6.92 Å². The summed E-state index contributed by atoms with van der Waals surface area (Å²) in [7, 11) is 3.02. The summed E-state index contributed by atoms with van der Waals surface area (Å²) in [4.78, 5) is 24.6. The Labute approximate surface area is 191 Å². The summed E-state index contributed by atoms with van der Waals surface area (Å²) in [6.45, 7) is 2.45. The first-order valence-electron chi connectivity index (χ1n) is 10.1. The van der Waals surface area contributed by atoms with E-state index in [0.717, 1.165) is 0 Å². The molecule has 0 atom stereocenters. The van der Waals surface area contributed by atoms with Gasteiger partial charge in [-0.05, 0) is 79.2 Å². The molecule has 1 N–H and O–H groups in total. The van der Waals surface area contributed by atoms with Crippen LogP contribution >= 0.6 is 0 Å². The van der Waals surface area contributed by atoms with Gasteiger partial charge < -0.3 is 18.9 Å². The van der Waals surface area contributed by atoms with E-state index in [1.54, 1.807) is 66.7 Å². The van der Waals surface area contributed by atoms with Crippen molar-refractivity contribution in [3.05, 3.63) is 83.4 Å². The van der Waals surface area contributed by atoms with Crippen LogP contribution in [-0.2, 0) is 0 Å². The Balaban J connectivity index is 1.55. The lowest BCUT2D eigenvalue weighted by Crippen LogP contribution is -2.17. The van der Waals surface area contributed by atoms with Crippen LogP contribution in [0, 0.1) is 0 Å². The van der Waals surface area contributed by atoms with Gasteiger partial charge in [0.05, 0.1) is 32.6 Å². The highest BCUT2D eigenvalue weighted by molar-refractivity contribution is 5.95. The third-order valence-corrected chi connectivity index (χ3v) is 4.52. The molecule has 3 aromatic rings. The van der Waals surface area contributed by atoms with E-state index >= 15 is 0 Å². The van der Waals surface area contributed by atoms with Crippen molar-refractivity contribution in [1.29, 1.82) is 0 Å². The molecule has 0 aliphatic carbocycles. The number of ether oxygens (including phenoxy) is 4. The third-order valence-electron chi connectivity index (χ3n) is 4.52. The first-order chi connectivity index (χ1) is 16.0. The van der Waals surface area contributed by atoms with E-state index in [2.05, 4.69) is 10.5 Å². The van der Waals surface area contributed by atoms with Crippen molar-refractivity contribution in [2.24, 2.45) is 5.10 Å². The molecule has 0 fully saturated rings. The average Bonchev–Trinajstić information content (AvgIpc) is 2.85. The molecule has 0 radical (unpaired) electrons. The first-order valence-corrected chi connectivity index (χ1v) is 10.1. The number of nitrogens with zero attached hydrogens (tertiary/aromatic N) is 1. The monoisotopic (exact) mass is 448 g/mol. The number of methoxy groups -OCH3 is 2. The highest BCUT2D eigenvalue weighted by Gasteiger charge is 2.10. The Morgan fingerprint density at radius 2 is 1.48 bits per heavy atom. The number of benzene rings is 3. The fourth-order valence-electron chi connectivity index (χ4n) is 2.85. The molecule has 3 rings (SSSR count). The number of amides is 1. The number of carbonyl (C=O) groups excluding carboxylic acids is 2. The number of carbonyl (C=O) groups is 2. The number of nitrogens with one attached hydrogen (secondary N) is 1. The van der Waals surface area contributed by atoms with Crippen molar-refractivity contribution in [3.8, 4) is 23.0 Å². The predicted octanol–water partition coefficient (Wildman–Crippen LogP) is 4.09. The minimum absolute atomic E-state index is 0.376. The molecule has 33 heavy (non-hydrogen) atoms. The van der Waals surface area contributed by atoms with Crippen LogP contribution in [0.15, 0.2) is 71.8 Å². The molecule has 170 valence electrons. The molecular formula is C25H24N2O6. The van der Waals surface area contributed by atoms with Crippen LogP contribution in [0.5, 0.6) is 23.0 Å². The largest absolute Gasteiger partial charge is 0.494 e. The normalized spacial score (nSPS) is 10.5. The smallest absolute Gasteiger partial charge is 0.343 e. The molecule has 8 nitrogen and oxygen atoms in total. The summed E-state index contributed by atoms with van der Waals surface area (Å²) < 4.78 is 21.1. The van der Waals surface area contributed by atoms with Gasteiger partial charge in [-0.25, -0.2) is 10.2 Å². The minimum Gasteiger partial charge on any atom is -0.494 e. The van der Waals surface area contributed by atoms with Gasteiger partial charge in [0.15, 0.2) is 11.5 Å². The van der Waals surface area contributed by atoms with Gasteiger partial charge in [0.25, 0.3) is 5.91 Å². The summed E-state index contributed by atoms with van der Waals surface area (Å²) in [5.74, 6) is 1.19. The van der Waals surface area contributed by atoms with Gasteiger partial charge >= 0.3 is 5.97 Å². The molecule has 0 heterocycles. The number of hydrazone groups is 1. The summed E-state index contributed by atoms with van der Waals surface area (Å²) in [5, 5.41) is 3.96. The lowest BCUT2D eigenvalue weighted by atomic mass is 10.2. The first kappa shape index (κ1) is 23.3. The summed E-state index contributed by atoms with van der Waals surface area (Å²) in [5.41, 5.74) is 3.96. The Morgan fingerprint density at radius 1 is 0.848 bits per heavy atom. The molecule has 3 aromatic carbocycles. The van der Waals surface area contributed by atoms with Crippen molar-refractivity contribution in [3.63, 3.8) is 0 Å². The van der Waals surface area contributed by atoms with E-state index in [4.69, 9.17) is 18.9 Å². The van der Waals surface area contributed by atoms with Crippen molar-refractivity contribution < 1.29 is 28.5 Å². The molecule has 0 unspecified atom stereocenters. The van der Waals surface area contributed by atoms with E-state index in [-0.39, 0.29) is 0 Å². The van der Waals surface area contributed by atoms with Crippen LogP contribution in [0.3, 0.4) is 0 Å². The van der Waals surface area contributed by atoms with Crippen LogP contribution < -0.4 is 24.4 Å². The maximum atomic E-state index is 12.3. The molecule has 0 aliphatic heterocycles. The molecule has 0 aromatic heterocycles. The van der Waals surface area contributed by atoms with Crippen LogP contribution in [0.4, 0.5) is 0 Å². The molecule has 0 aliphatic rings. The highest BCUT2D eigenvalue weighted by Crippen LogP contribution is 2.27.